The smallest absolute Gasteiger partial charge is 0.405 e. The lowest BCUT2D eigenvalue weighted by atomic mass is 10.00. The molecule has 4 heterocycles. The lowest BCUT2D eigenvalue weighted by molar-refractivity contribution is -0.136. The molecule has 54 heavy (non-hydrogen) atoms. The summed E-state index contributed by atoms with van der Waals surface area (Å²) in [5.41, 5.74) is 7.34. The van der Waals surface area contributed by atoms with Crippen LogP contribution in [-0.4, -0.2) is 89.1 Å². The van der Waals surface area contributed by atoms with Gasteiger partial charge in [0.25, 0.3) is 0 Å². The number of likely N-dealkylation sites (tertiary alicyclic amines) is 2. The molecule has 2 fully saturated rings. The molecule has 3 aromatic carbocycles. The van der Waals surface area contributed by atoms with Crippen LogP contribution in [0.2, 0.25) is 0 Å². The molecule has 0 radical (unpaired) electrons. The first-order valence-electron chi connectivity index (χ1n) is 18.6. The number of aromatic amines is 2. The van der Waals surface area contributed by atoms with Crippen molar-refractivity contribution in [3.8, 4) is 22.3 Å². The van der Waals surface area contributed by atoms with E-state index in [1.54, 1.807) is 9.80 Å². The lowest BCUT2D eigenvalue weighted by Gasteiger charge is -2.29. The van der Waals surface area contributed by atoms with Crippen molar-refractivity contribution >= 4 is 46.1 Å². The number of hydrogen-bond acceptors (Lipinski definition) is 6. The number of aromatic nitrogens is 4. The van der Waals surface area contributed by atoms with E-state index in [0.29, 0.717) is 24.7 Å². The van der Waals surface area contributed by atoms with Gasteiger partial charge in [-0.2, -0.15) is 0 Å². The average Bonchev–Trinajstić information content (AvgIpc) is 3.96. The van der Waals surface area contributed by atoms with Gasteiger partial charge < -0.3 is 40.6 Å². The Hall–Kier alpha value is -5.92. The molecular weight excluding hydrogens is 688 g/mol. The first-order valence-corrected chi connectivity index (χ1v) is 18.6. The maximum Gasteiger partial charge on any atom is 0.405 e. The highest BCUT2D eigenvalue weighted by molar-refractivity contribution is 5.88. The van der Waals surface area contributed by atoms with E-state index in [1.807, 2.05) is 64.1 Å². The molecular formula is C40H46N8O6. The number of benzene rings is 3. The van der Waals surface area contributed by atoms with Crippen molar-refractivity contribution in [3.05, 3.63) is 72.3 Å². The molecule has 2 aliphatic heterocycles. The van der Waals surface area contributed by atoms with Crippen LogP contribution in [0.15, 0.2) is 60.7 Å². The lowest BCUT2D eigenvalue weighted by Crippen LogP contribution is -2.50. The summed E-state index contributed by atoms with van der Waals surface area (Å²) in [6.07, 6.45) is 0.674. The Morgan fingerprint density at radius 1 is 0.630 bits per heavy atom. The molecule has 0 spiro atoms. The molecule has 5 aromatic rings. The minimum atomic E-state index is -1.22. The minimum absolute atomic E-state index is 0.193. The molecule has 4 amide bonds. The number of rotatable bonds is 10. The quantitative estimate of drug-likeness (QED) is 0.0913. The SMILES string of the molecule is CC(C)[C@H](NC(=O)O)C(=O)N1CCC[C@H]1c1nc2cc(-c3ccc(-c4ccc5[nH]c([C@@H]6CCCN6C(=O)[C@@H](NC(=O)O)C(C)C)nc5c4)cc3)ccc2[nH]1. The number of carboxylic acid groups (broad SMARTS) is 2. The fourth-order valence-electron chi connectivity index (χ4n) is 7.86. The van der Waals surface area contributed by atoms with Gasteiger partial charge in [0, 0.05) is 13.1 Å². The van der Waals surface area contributed by atoms with E-state index in [4.69, 9.17) is 9.97 Å². The summed E-state index contributed by atoms with van der Waals surface area (Å²) in [4.78, 5) is 69.7. The van der Waals surface area contributed by atoms with Crippen molar-refractivity contribution in [3.63, 3.8) is 0 Å². The van der Waals surface area contributed by atoms with Crippen molar-refractivity contribution in [2.75, 3.05) is 13.1 Å². The third-order valence-electron chi connectivity index (χ3n) is 10.7. The van der Waals surface area contributed by atoms with Crippen LogP contribution < -0.4 is 10.6 Å². The Morgan fingerprint density at radius 3 is 1.35 bits per heavy atom. The largest absolute Gasteiger partial charge is 0.465 e. The Labute approximate surface area is 312 Å². The van der Waals surface area contributed by atoms with Gasteiger partial charge in [-0.1, -0.05) is 64.1 Å². The van der Waals surface area contributed by atoms with Crippen molar-refractivity contribution in [1.29, 1.82) is 0 Å². The van der Waals surface area contributed by atoms with E-state index in [-0.39, 0.29) is 35.7 Å². The van der Waals surface area contributed by atoms with Gasteiger partial charge in [0.15, 0.2) is 0 Å². The molecule has 2 saturated heterocycles. The summed E-state index contributed by atoms with van der Waals surface area (Å²) in [5.74, 6) is 0.537. The van der Waals surface area contributed by atoms with Crippen LogP contribution in [0.4, 0.5) is 9.59 Å². The van der Waals surface area contributed by atoms with Crippen LogP contribution in [0.3, 0.4) is 0 Å². The average molecular weight is 735 g/mol. The van der Waals surface area contributed by atoms with Gasteiger partial charge in [0.2, 0.25) is 11.8 Å². The number of nitrogens with zero attached hydrogens (tertiary/aromatic N) is 4. The summed E-state index contributed by atoms with van der Waals surface area (Å²) < 4.78 is 0. The molecule has 14 nitrogen and oxygen atoms in total. The number of hydrogen-bond donors (Lipinski definition) is 6. The highest BCUT2D eigenvalue weighted by Gasteiger charge is 2.39. The van der Waals surface area contributed by atoms with E-state index >= 15 is 0 Å². The van der Waals surface area contributed by atoms with Gasteiger partial charge in [0.1, 0.15) is 23.7 Å². The van der Waals surface area contributed by atoms with Crippen LogP contribution in [0.25, 0.3) is 44.3 Å². The van der Waals surface area contributed by atoms with Gasteiger partial charge in [-0.3, -0.25) is 9.59 Å². The molecule has 282 valence electrons. The molecule has 6 N–H and O–H groups in total. The number of amides is 4. The molecule has 4 atom stereocenters. The molecule has 0 saturated carbocycles. The van der Waals surface area contributed by atoms with E-state index < -0.39 is 24.3 Å². The van der Waals surface area contributed by atoms with Crippen molar-refractivity contribution in [2.45, 2.75) is 77.5 Å². The zero-order valence-electron chi connectivity index (χ0n) is 30.8. The summed E-state index contributed by atoms with van der Waals surface area (Å²) in [7, 11) is 0. The standard InChI is InChI=1S/C40H46N8O6/c1-21(2)33(45-39(51)52)37(49)47-17-5-7-31(47)35-41-27-15-13-25(19-29(27)43-35)23-9-11-24(12-10-23)26-14-16-28-30(20-26)44-36(42-28)32-8-6-18-48(32)38(50)34(22(3)4)46-40(53)54/h9-16,19-22,31-34,45-46H,5-8,17-18H2,1-4H3,(H,41,43)(H,42,44)(H,51,52)(H,53,54)/t31-,32-,33-,34-/m0/s1. The molecule has 2 aromatic heterocycles. The van der Waals surface area contributed by atoms with E-state index in [2.05, 4.69) is 44.9 Å². The van der Waals surface area contributed by atoms with Crippen LogP contribution >= 0.6 is 0 Å². The van der Waals surface area contributed by atoms with Gasteiger partial charge in [-0.15, -0.1) is 0 Å². The molecule has 14 heteroatoms. The van der Waals surface area contributed by atoms with E-state index in [1.165, 1.54) is 0 Å². The topological polar surface area (TPSA) is 197 Å². The maximum atomic E-state index is 13.4. The number of fused-ring (bicyclic) bond motifs is 2. The third-order valence-corrected chi connectivity index (χ3v) is 10.7. The second-order valence-electron chi connectivity index (χ2n) is 15.0. The number of H-pyrrole nitrogens is 2. The molecule has 0 unspecified atom stereocenters. The fraction of sp³-hybridized carbons (Fsp3) is 0.400. The maximum absolute atomic E-state index is 13.4. The van der Waals surface area contributed by atoms with Crippen LogP contribution in [0, 0.1) is 11.8 Å². The Bertz CT molecular complexity index is 2050. The fourth-order valence-corrected chi connectivity index (χ4v) is 7.86. The van der Waals surface area contributed by atoms with Gasteiger partial charge in [0.05, 0.1) is 34.2 Å². The Balaban J connectivity index is 1.07. The summed E-state index contributed by atoms with van der Waals surface area (Å²) >= 11 is 0. The molecule has 0 aliphatic carbocycles. The first-order chi connectivity index (χ1) is 25.9. The van der Waals surface area contributed by atoms with Crippen LogP contribution in [-0.2, 0) is 9.59 Å². The Kier molecular flexibility index (Phi) is 10.0. The second-order valence-corrected chi connectivity index (χ2v) is 15.0. The van der Waals surface area contributed by atoms with Gasteiger partial charge in [-0.25, -0.2) is 19.6 Å². The zero-order valence-corrected chi connectivity index (χ0v) is 30.8. The highest BCUT2D eigenvalue weighted by atomic mass is 16.4. The van der Waals surface area contributed by atoms with Crippen molar-refractivity contribution in [2.24, 2.45) is 11.8 Å². The monoisotopic (exact) mass is 734 g/mol. The van der Waals surface area contributed by atoms with Crippen molar-refractivity contribution < 1.29 is 29.4 Å². The number of carbonyl (C=O) groups is 4. The highest BCUT2D eigenvalue weighted by Crippen LogP contribution is 2.36. The zero-order chi connectivity index (χ0) is 38.3. The molecule has 0 bridgehead atoms. The Morgan fingerprint density at radius 2 is 1.00 bits per heavy atom. The summed E-state index contributed by atoms with van der Waals surface area (Å²) in [6.45, 7) is 8.41. The molecule has 2 aliphatic rings. The predicted molar refractivity (Wildman–Crippen MR) is 204 cm³/mol. The number of imidazole rings is 2. The second kappa shape index (κ2) is 14.8. The number of carbonyl (C=O) groups excluding carboxylic acids is 2. The molecule has 7 rings (SSSR count). The minimum Gasteiger partial charge on any atom is -0.465 e. The first kappa shape index (κ1) is 36.4. The third kappa shape index (κ3) is 7.20. The normalized spacial score (nSPS) is 18.5. The van der Waals surface area contributed by atoms with E-state index in [0.717, 1.165) is 70.0 Å². The van der Waals surface area contributed by atoms with Gasteiger partial charge in [-0.05, 0) is 84.0 Å². The predicted octanol–water partition coefficient (Wildman–Crippen LogP) is 6.68. The van der Waals surface area contributed by atoms with Crippen LogP contribution in [0.5, 0.6) is 0 Å². The van der Waals surface area contributed by atoms with Gasteiger partial charge >= 0.3 is 12.2 Å². The van der Waals surface area contributed by atoms with E-state index in [9.17, 15) is 29.4 Å². The van der Waals surface area contributed by atoms with Crippen LogP contribution in [0.1, 0.15) is 77.1 Å². The summed E-state index contributed by atoms with van der Waals surface area (Å²) in [5, 5.41) is 23.4. The number of nitrogens with one attached hydrogen (secondary N) is 4. The van der Waals surface area contributed by atoms with Crippen molar-refractivity contribution in [1.82, 2.24) is 40.4 Å². The summed E-state index contributed by atoms with van der Waals surface area (Å²) in [6, 6.07) is 18.2.